The highest BCUT2D eigenvalue weighted by molar-refractivity contribution is 5.84. The van der Waals surface area contributed by atoms with Gasteiger partial charge < -0.3 is 10.6 Å². The van der Waals surface area contributed by atoms with E-state index in [4.69, 9.17) is 0 Å². The normalized spacial score (nSPS) is 38.6. The maximum Gasteiger partial charge on any atom is 0.237 e. The second-order valence-corrected chi connectivity index (χ2v) is 5.32. The molecule has 3 atom stereocenters. The van der Waals surface area contributed by atoms with Crippen molar-refractivity contribution in [1.82, 2.24) is 10.6 Å². The minimum Gasteiger partial charge on any atom is -0.352 e. The number of hydrogen-bond donors (Lipinski definition) is 2. The van der Waals surface area contributed by atoms with Crippen molar-refractivity contribution in [1.29, 1.82) is 0 Å². The molecule has 3 nitrogen and oxygen atoms in total. The molecule has 80 valence electrons. The van der Waals surface area contributed by atoms with Gasteiger partial charge in [0, 0.05) is 18.0 Å². The summed E-state index contributed by atoms with van der Waals surface area (Å²) in [7, 11) is 0. The van der Waals surface area contributed by atoms with Crippen LogP contribution >= 0.6 is 0 Å². The van der Waals surface area contributed by atoms with Crippen LogP contribution in [0.2, 0.25) is 0 Å². The molecule has 0 radical (unpaired) electrons. The third-order valence-electron chi connectivity index (χ3n) is 3.58. The smallest absolute Gasteiger partial charge is 0.237 e. The van der Waals surface area contributed by atoms with Gasteiger partial charge in [0.15, 0.2) is 0 Å². The Morgan fingerprint density at radius 1 is 1.57 bits per heavy atom. The first-order valence-electron chi connectivity index (χ1n) is 5.58. The van der Waals surface area contributed by atoms with E-state index >= 15 is 0 Å². The molecule has 1 saturated heterocycles. The molecule has 0 aromatic carbocycles. The zero-order valence-electron chi connectivity index (χ0n) is 9.26. The zero-order valence-corrected chi connectivity index (χ0v) is 9.26. The fourth-order valence-electron chi connectivity index (χ4n) is 2.20. The Balaban J connectivity index is 1.80. The van der Waals surface area contributed by atoms with E-state index in [0.717, 1.165) is 12.5 Å². The minimum atomic E-state index is 0.0283. The van der Waals surface area contributed by atoms with Gasteiger partial charge in [-0.15, -0.1) is 0 Å². The Morgan fingerprint density at radius 3 is 2.64 bits per heavy atom. The summed E-state index contributed by atoms with van der Waals surface area (Å²) in [4.78, 5) is 11.8. The van der Waals surface area contributed by atoms with Crippen molar-refractivity contribution >= 4 is 5.91 Å². The molecule has 1 heterocycles. The number of nitrogens with one attached hydrogen (secondary N) is 2. The standard InChI is InChI=1S/C11H20N2O/c1-4-7-5-8(7)13-10(14)9-11(2,3)6-12-9/h7-9,12H,4-6H2,1-3H3,(H,13,14). The number of hydrogen-bond acceptors (Lipinski definition) is 2. The van der Waals surface area contributed by atoms with Crippen LogP contribution in [0.1, 0.15) is 33.6 Å². The maximum atomic E-state index is 11.8. The van der Waals surface area contributed by atoms with Gasteiger partial charge >= 0.3 is 0 Å². The molecule has 3 heteroatoms. The fraction of sp³-hybridized carbons (Fsp3) is 0.909. The van der Waals surface area contributed by atoms with E-state index in [1.54, 1.807) is 0 Å². The largest absolute Gasteiger partial charge is 0.352 e. The molecular formula is C11H20N2O. The topological polar surface area (TPSA) is 41.1 Å². The molecular weight excluding hydrogens is 176 g/mol. The maximum absolute atomic E-state index is 11.8. The van der Waals surface area contributed by atoms with Gasteiger partial charge in [-0.3, -0.25) is 4.79 Å². The lowest BCUT2D eigenvalue weighted by molar-refractivity contribution is -0.129. The lowest BCUT2D eigenvalue weighted by atomic mass is 9.77. The van der Waals surface area contributed by atoms with Crippen LogP contribution in [-0.4, -0.2) is 24.5 Å². The number of carbonyl (C=O) groups is 1. The van der Waals surface area contributed by atoms with E-state index in [0.29, 0.717) is 6.04 Å². The van der Waals surface area contributed by atoms with Crippen molar-refractivity contribution in [2.45, 2.75) is 45.7 Å². The molecule has 0 spiro atoms. The molecule has 3 unspecified atom stereocenters. The van der Waals surface area contributed by atoms with Crippen molar-refractivity contribution in [3.05, 3.63) is 0 Å². The van der Waals surface area contributed by atoms with E-state index in [-0.39, 0.29) is 17.4 Å². The average Bonchev–Trinajstić information content (AvgIpc) is 2.81. The summed E-state index contributed by atoms with van der Waals surface area (Å²) in [5.41, 5.74) is 0.140. The average molecular weight is 196 g/mol. The highest BCUT2D eigenvalue weighted by atomic mass is 16.2. The number of carbonyl (C=O) groups excluding carboxylic acids is 1. The first-order chi connectivity index (χ1) is 6.54. The molecule has 2 N–H and O–H groups in total. The molecule has 0 aromatic heterocycles. The molecule has 2 rings (SSSR count). The molecule has 1 saturated carbocycles. The lowest BCUT2D eigenvalue weighted by Crippen LogP contribution is -2.65. The number of amides is 1. The highest BCUT2D eigenvalue weighted by Gasteiger charge is 2.45. The van der Waals surface area contributed by atoms with Crippen molar-refractivity contribution in [3.63, 3.8) is 0 Å². The van der Waals surface area contributed by atoms with Crippen LogP contribution in [0, 0.1) is 11.3 Å². The van der Waals surface area contributed by atoms with Crippen LogP contribution in [0.4, 0.5) is 0 Å². The summed E-state index contributed by atoms with van der Waals surface area (Å²) in [6, 6.07) is 0.492. The highest BCUT2D eigenvalue weighted by Crippen LogP contribution is 2.34. The van der Waals surface area contributed by atoms with Gasteiger partial charge in [0.2, 0.25) is 5.91 Å². The monoisotopic (exact) mass is 196 g/mol. The van der Waals surface area contributed by atoms with Crippen molar-refractivity contribution in [2.24, 2.45) is 11.3 Å². The van der Waals surface area contributed by atoms with E-state index in [2.05, 4.69) is 31.4 Å². The van der Waals surface area contributed by atoms with Gasteiger partial charge in [-0.1, -0.05) is 27.2 Å². The molecule has 0 aromatic rings. The second-order valence-electron chi connectivity index (χ2n) is 5.32. The molecule has 2 fully saturated rings. The van der Waals surface area contributed by atoms with E-state index in [9.17, 15) is 4.79 Å². The third kappa shape index (κ3) is 1.65. The molecule has 14 heavy (non-hydrogen) atoms. The Labute approximate surface area is 85.6 Å². The van der Waals surface area contributed by atoms with E-state index < -0.39 is 0 Å². The van der Waals surface area contributed by atoms with Crippen LogP contribution in [0.25, 0.3) is 0 Å². The van der Waals surface area contributed by atoms with E-state index in [1.807, 2.05) is 0 Å². The summed E-state index contributed by atoms with van der Waals surface area (Å²) in [6.07, 6.45) is 2.36. The van der Waals surface area contributed by atoms with Gasteiger partial charge in [0.25, 0.3) is 0 Å². The predicted molar refractivity (Wildman–Crippen MR) is 55.9 cm³/mol. The third-order valence-corrected chi connectivity index (χ3v) is 3.58. The van der Waals surface area contributed by atoms with Crippen LogP contribution in [0.3, 0.4) is 0 Å². The van der Waals surface area contributed by atoms with Crippen molar-refractivity contribution < 1.29 is 4.79 Å². The summed E-state index contributed by atoms with van der Waals surface area (Å²) in [6.45, 7) is 7.41. The Kier molecular flexibility index (Phi) is 2.30. The SMILES string of the molecule is CCC1CC1NC(=O)C1NCC1(C)C. The van der Waals surface area contributed by atoms with Gasteiger partial charge in [-0.25, -0.2) is 0 Å². The lowest BCUT2D eigenvalue weighted by Gasteiger charge is -2.44. The van der Waals surface area contributed by atoms with Crippen LogP contribution in [0.15, 0.2) is 0 Å². The fourth-order valence-corrected chi connectivity index (χ4v) is 2.20. The summed E-state index contributed by atoms with van der Waals surface area (Å²) in [5, 5.41) is 6.30. The van der Waals surface area contributed by atoms with Crippen molar-refractivity contribution in [3.8, 4) is 0 Å². The zero-order chi connectivity index (χ0) is 10.3. The quantitative estimate of drug-likeness (QED) is 0.704. The second kappa shape index (κ2) is 3.23. The van der Waals surface area contributed by atoms with Crippen LogP contribution in [0.5, 0.6) is 0 Å². The molecule has 2 aliphatic rings. The van der Waals surface area contributed by atoms with Gasteiger partial charge in [0.05, 0.1) is 6.04 Å². The molecule has 1 amide bonds. The summed E-state index contributed by atoms with van der Waals surface area (Å²) < 4.78 is 0. The van der Waals surface area contributed by atoms with Gasteiger partial charge in [-0.2, -0.15) is 0 Å². The van der Waals surface area contributed by atoms with Crippen molar-refractivity contribution in [2.75, 3.05) is 6.54 Å². The first kappa shape index (κ1) is 9.97. The van der Waals surface area contributed by atoms with Crippen LogP contribution < -0.4 is 10.6 Å². The van der Waals surface area contributed by atoms with Gasteiger partial charge in [-0.05, 0) is 12.3 Å². The minimum absolute atomic E-state index is 0.0283. The number of rotatable bonds is 3. The van der Waals surface area contributed by atoms with E-state index in [1.165, 1.54) is 12.8 Å². The van der Waals surface area contributed by atoms with Gasteiger partial charge in [0.1, 0.15) is 0 Å². The molecule has 1 aliphatic heterocycles. The molecule has 0 bridgehead atoms. The Bertz CT molecular complexity index is 250. The Morgan fingerprint density at radius 2 is 2.29 bits per heavy atom. The summed E-state index contributed by atoms with van der Waals surface area (Å²) >= 11 is 0. The Hall–Kier alpha value is -0.570. The molecule has 1 aliphatic carbocycles. The predicted octanol–water partition coefficient (Wildman–Crippen LogP) is 0.899. The van der Waals surface area contributed by atoms with Crippen LogP contribution in [-0.2, 0) is 4.79 Å². The summed E-state index contributed by atoms with van der Waals surface area (Å²) in [5.74, 6) is 0.935. The first-order valence-corrected chi connectivity index (χ1v) is 5.58.